The smallest absolute Gasteiger partial charge is 0.324 e. The van der Waals surface area contributed by atoms with Crippen LogP contribution in [0.1, 0.15) is 52.9 Å². The Morgan fingerprint density at radius 3 is 2.53 bits per heavy atom. The standard InChI is InChI=1S/C12H25O4P/c1-4-6-7-12(5-2)10-16-17(14,15)9-8-11(3)13/h12H,4-10H2,1-3H3,(H,14,15). The largest absolute Gasteiger partial charge is 0.328 e. The van der Waals surface area contributed by atoms with E-state index in [4.69, 9.17) is 4.52 Å². The summed E-state index contributed by atoms with van der Waals surface area (Å²) in [6.45, 7) is 5.91. The first-order valence-electron chi connectivity index (χ1n) is 6.37. The molecule has 0 spiro atoms. The normalized spacial score (nSPS) is 16.5. The van der Waals surface area contributed by atoms with Crippen molar-refractivity contribution in [3.05, 3.63) is 0 Å². The average molecular weight is 264 g/mol. The van der Waals surface area contributed by atoms with E-state index in [0.29, 0.717) is 12.5 Å². The van der Waals surface area contributed by atoms with Gasteiger partial charge in [0.1, 0.15) is 5.78 Å². The highest BCUT2D eigenvalue weighted by atomic mass is 31.2. The number of ketones is 1. The van der Waals surface area contributed by atoms with Crippen LogP contribution < -0.4 is 0 Å². The van der Waals surface area contributed by atoms with Gasteiger partial charge in [-0.15, -0.1) is 0 Å². The molecule has 4 nitrogen and oxygen atoms in total. The van der Waals surface area contributed by atoms with Crippen LogP contribution in [-0.4, -0.2) is 23.4 Å². The number of carbonyl (C=O) groups excluding carboxylic acids is 1. The quantitative estimate of drug-likeness (QED) is 0.614. The molecule has 0 fully saturated rings. The third-order valence-electron chi connectivity index (χ3n) is 2.80. The van der Waals surface area contributed by atoms with Crippen LogP contribution >= 0.6 is 7.60 Å². The minimum Gasteiger partial charge on any atom is -0.324 e. The van der Waals surface area contributed by atoms with E-state index >= 15 is 0 Å². The molecule has 2 atom stereocenters. The summed E-state index contributed by atoms with van der Waals surface area (Å²) in [4.78, 5) is 20.3. The van der Waals surface area contributed by atoms with E-state index in [1.165, 1.54) is 6.92 Å². The van der Waals surface area contributed by atoms with Crippen molar-refractivity contribution in [3.8, 4) is 0 Å². The fourth-order valence-corrected chi connectivity index (χ4v) is 2.65. The molecule has 2 unspecified atom stereocenters. The summed E-state index contributed by atoms with van der Waals surface area (Å²) in [6, 6.07) is 0. The summed E-state index contributed by atoms with van der Waals surface area (Å²) < 4.78 is 16.7. The van der Waals surface area contributed by atoms with E-state index in [-0.39, 0.29) is 18.4 Å². The van der Waals surface area contributed by atoms with Gasteiger partial charge in [0, 0.05) is 6.42 Å². The number of hydrogen-bond acceptors (Lipinski definition) is 3. The zero-order chi connectivity index (χ0) is 13.3. The second-order valence-corrected chi connectivity index (χ2v) is 6.51. The fraction of sp³-hybridized carbons (Fsp3) is 0.917. The fourth-order valence-electron chi connectivity index (χ4n) is 1.48. The van der Waals surface area contributed by atoms with E-state index in [1.54, 1.807) is 0 Å². The van der Waals surface area contributed by atoms with Gasteiger partial charge in [-0.3, -0.25) is 4.57 Å². The highest BCUT2D eigenvalue weighted by Gasteiger charge is 2.21. The van der Waals surface area contributed by atoms with E-state index in [2.05, 4.69) is 13.8 Å². The summed E-state index contributed by atoms with van der Waals surface area (Å²) in [6.07, 6.45) is 4.27. The Labute approximate surface area is 104 Å². The summed E-state index contributed by atoms with van der Waals surface area (Å²) >= 11 is 0. The maximum atomic E-state index is 11.6. The van der Waals surface area contributed by atoms with Gasteiger partial charge in [0.25, 0.3) is 0 Å². The molecule has 0 bridgehead atoms. The molecule has 0 aliphatic rings. The molecule has 0 aromatic carbocycles. The van der Waals surface area contributed by atoms with Gasteiger partial charge in [0.2, 0.25) is 0 Å². The average Bonchev–Trinajstić information content (AvgIpc) is 2.27. The van der Waals surface area contributed by atoms with Crippen molar-refractivity contribution in [3.63, 3.8) is 0 Å². The third kappa shape index (κ3) is 9.51. The highest BCUT2D eigenvalue weighted by Crippen LogP contribution is 2.43. The topological polar surface area (TPSA) is 63.6 Å². The first-order valence-corrected chi connectivity index (χ1v) is 8.13. The number of Topliss-reactive ketones (excluding diaryl/α,β-unsaturated/α-hetero) is 1. The molecule has 0 aliphatic heterocycles. The molecule has 0 aliphatic carbocycles. The van der Waals surface area contributed by atoms with Crippen LogP contribution in [0.2, 0.25) is 0 Å². The van der Waals surface area contributed by atoms with Gasteiger partial charge in [0.15, 0.2) is 0 Å². The van der Waals surface area contributed by atoms with Gasteiger partial charge in [0.05, 0.1) is 12.8 Å². The monoisotopic (exact) mass is 264 g/mol. The van der Waals surface area contributed by atoms with E-state index < -0.39 is 7.60 Å². The van der Waals surface area contributed by atoms with Gasteiger partial charge in [-0.25, -0.2) is 0 Å². The van der Waals surface area contributed by atoms with Crippen molar-refractivity contribution >= 4 is 13.4 Å². The first kappa shape index (κ1) is 16.8. The molecule has 17 heavy (non-hydrogen) atoms. The van der Waals surface area contributed by atoms with Crippen molar-refractivity contribution in [1.82, 2.24) is 0 Å². The van der Waals surface area contributed by atoms with Crippen LogP contribution in [0.25, 0.3) is 0 Å². The Kier molecular flexibility index (Phi) is 8.75. The number of unbranched alkanes of at least 4 members (excludes halogenated alkanes) is 1. The van der Waals surface area contributed by atoms with Gasteiger partial charge >= 0.3 is 7.60 Å². The second-order valence-electron chi connectivity index (χ2n) is 4.53. The van der Waals surface area contributed by atoms with Gasteiger partial charge in [-0.2, -0.15) is 0 Å². The molecular formula is C12H25O4P. The van der Waals surface area contributed by atoms with E-state index in [9.17, 15) is 14.3 Å². The summed E-state index contributed by atoms with van der Waals surface area (Å²) in [5, 5.41) is 0. The summed E-state index contributed by atoms with van der Waals surface area (Å²) in [5.41, 5.74) is 0. The number of carbonyl (C=O) groups is 1. The summed E-state index contributed by atoms with van der Waals surface area (Å²) in [7, 11) is -3.57. The van der Waals surface area contributed by atoms with Crippen LogP contribution in [-0.2, 0) is 13.9 Å². The Bertz CT molecular complexity index is 265. The van der Waals surface area contributed by atoms with Crippen LogP contribution in [0, 0.1) is 5.92 Å². The van der Waals surface area contributed by atoms with E-state index in [0.717, 1.165) is 25.7 Å². The van der Waals surface area contributed by atoms with Crippen molar-refractivity contribution < 1.29 is 18.8 Å². The Morgan fingerprint density at radius 2 is 2.06 bits per heavy atom. The van der Waals surface area contributed by atoms with Gasteiger partial charge in [-0.1, -0.05) is 33.1 Å². The molecular weight excluding hydrogens is 239 g/mol. The molecule has 0 amide bonds. The van der Waals surface area contributed by atoms with Crippen LogP contribution in [0.3, 0.4) is 0 Å². The predicted molar refractivity (Wildman–Crippen MR) is 69.2 cm³/mol. The Morgan fingerprint density at radius 1 is 1.41 bits per heavy atom. The Balaban J connectivity index is 3.96. The molecule has 0 aromatic heterocycles. The Hall–Kier alpha value is -0.180. The van der Waals surface area contributed by atoms with Crippen molar-refractivity contribution in [2.75, 3.05) is 12.8 Å². The van der Waals surface area contributed by atoms with Crippen molar-refractivity contribution in [2.24, 2.45) is 5.92 Å². The SMILES string of the molecule is CCCCC(CC)COP(=O)(O)CCC(C)=O. The molecule has 0 saturated heterocycles. The molecule has 0 radical (unpaired) electrons. The zero-order valence-corrected chi connectivity index (χ0v) is 12.0. The molecule has 0 saturated carbocycles. The van der Waals surface area contributed by atoms with Crippen LogP contribution in [0.4, 0.5) is 0 Å². The maximum Gasteiger partial charge on any atom is 0.328 e. The minimum atomic E-state index is -3.57. The number of rotatable bonds is 10. The number of hydrogen-bond donors (Lipinski definition) is 1. The molecule has 0 aromatic rings. The highest BCUT2D eigenvalue weighted by molar-refractivity contribution is 7.52. The van der Waals surface area contributed by atoms with E-state index in [1.807, 2.05) is 0 Å². The van der Waals surface area contributed by atoms with Crippen LogP contribution in [0.5, 0.6) is 0 Å². The third-order valence-corrected chi connectivity index (χ3v) is 4.14. The molecule has 5 heteroatoms. The molecule has 1 N–H and O–H groups in total. The molecule has 0 heterocycles. The lowest BCUT2D eigenvalue weighted by Crippen LogP contribution is -2.09. The molecule has 102 valence electrons. The lowest BCUT2D eigenvalue weighted by atomic mass is 10.0. The second kappa shape index (κ2) is 8.84. The van der Waals surface area contributed by atoms with Crippen LogP contribution in [0.15, 0.2) is 0 Å². The maximum absolute atomic E-state index is 11.6. The predicted octanol–water partition coefficient (Wildman–Crippen LogP) is 3.38. The summed E-state index contributed by atoms with van der Waals surface area (Å²) in [5.74, 6) is 0.258. The lowest BCUT2D eigenvalue weighted by Gasteiger charge is -2.17. The first-order chi connectivity index (χ1) is 7.91. The lowest BCUT2D eigenvalue weighted by molar-refractivity contribution is -0.116. The van der Waals surface area contributed by atoms with Gasteiger partial charge < -0.3 is 14.2 Å². The minimum absolute atomic E-state index is 0.0630. The van der Waals surface area contributed by atoms with Gasteiger partial charge in [-0.05, 0) is 19.3 Å². The van der Waals surface area contributed by atoms with Crippen molar-refractivity contribution in [1.29, 1.82) is 0 Å². The van der Waals surface area contributed by atoms with Crippen molar-refractivity contribution in [2.45, 2.75) is 52.9 Å². The molecule has 0 rings (SSSR count). The zero-order valence-electron chi connectivity index (χ0n) is 11.1.